The van der Waals surface area contributed by atoms with Gasteiger partial charge in [-0.25, -0.2) is 5.48 Å². The van der Waals surface area contributed by atoms with Crippen LogP contribution in [0.2, 0.25) is 0 Å². The smallest absolute Gasteiger partial charge is 0.267 e. The lowest BCUT2D eigenvalue weighted by Gasteiger charge is -2.35. The maximum Gasteiger partial charge on any atom is 0.267 e. The number of nitrogens with zero attached hydrogens (tertiary/aromatic N) is 2. The molecule has 0 bridgehead atoms. The third-order valence-electron chi connectivity index (χ3n) is 5.30. The van der Waals surface area contributed by atoms with Crippen LogP contribution in [0.1, 0.15) is 38.7 Å². The van der Waals surface area contributed by atoms with Gasteiger partial charge in [0.05, 0.1) is 17.5 Å². The van der Waals surface area contributed by atoms with Crippen LogP contribution in [0.5, 0.6) is 0 Å². The van der Waals surface area contributed by atoms with E-state index in [2.05, 4.69) is 22.1 Å². The lowest BCUT2D eigenvalue weighted by molar-refractivity contribution is -0.124. The predicted octanol–water partition coefficient (Wildman–Crippen LogP) is 2.60. The molecule has 2 aliphatic rings. The van der Waals surface area contributed by atoms with Crippen molar-refractivity contribution in [1.82, 2.24) is 10.8 Å². The first kappa shape index (κ1) is 21.4. The summed E-state index contributed by atoms with van der Waals surface area (Å²) in [6.07, 6.45) is 5.19. The molecule has 3 rings (SSSR count). The van der Waals surface area contributed by atoms with Crippen LogP contribution in [0.3, 0.4) is 0 Å². The molecule has 7 nitrogen and oxygen atoms in total. The Morgan fingerprint density at radius 1 is 1.31 bits per heavy atom. The molecule has 2 atom stereocenters. The number of thioether (sulfide) groups is 1. The fourth-order valence-electron chi connectivity index (χ4n) is 3.79. The minimum Gasteiger partial charge on any atom is -0.371 e. The van der Waals surface area contributed by atoms with Gasteiger partial charge in [0.15, 0.2) is 0 Å². The highest BCUT2D eigenvalue weighted by Crippen LogP contribution is 2.28. The van der Waals surface area contributed by atoms with Gasteiger partial charge in [-0.3, -0.25) is 19.8 Å². The second kappa shape index (κ2) is 9.93. The van der Waals surface area contributed by atoms with E-state index in [0.717, 1.165) is 42.2 Å². The van der Waals surface area contributed by atoms with Crippen LogP contribution in [0.25, 0.3) is 6.08 Å². The summed E-state index contributed by atoms with van der Waals surface area (Å²) in [6.45, 7) is 5.78. The van der Waals surface area contributed by atoms with Crippen LogP contribution in [-0.4, -0.2) is 52.5 Å². The normalized spacial score (nSPS) is 22.6. The monoisotopic (exact) mass is 416 g/mol. The van der Waals surface area contributed by atoms with Gasteiger partial charge < -0.3 is 10.2 Å². The van der Waals surface area contributed by atoms with Crippen molar-refractivity contribution < 1.29 is 14.8 Å². The highest BCUT2D eigenvalue weighted by Gasteiger charge is 2.28. The molecule has 1 aromatic carbocycles. The average Bonchev–Trinajstić information content (AvgIpc) is 3.03. The molecule has 2 aliphatic heterocycles. The molecule has 8 heteroatoms. The van der Waals surface area contributed by atoms with Crippen LogP contribution in [0, 0.1) is 0 Å². The molecule has 3 N–H and O–H groups in total. The number of carbonyl (C=O) groups excluding carboxylic acids is 2. The van der Waals surface area contributed by atoms with Crippen LogP contribution in [-0.2, 0) is 9.59 Å². The topological polar surface area (TPSA) is 94.0 Å². The van der Waals surface area contributed by atoms with E-state index in [9.17, 15) is 9.59 Å². The Kier molecular flexibility index (Phi) is 7.33. The summed E-state index contributed by atoms with van der Waals surface area (Å²) in [5.74, 6) is -0.478. The van der Waals surface area contributed by atoms with Crippen molar-refractivity contribution >= 4 is 40.4 Å². The SMILES string of the molecule is CC1=NC(CC(=O)NC2CCN(c3ccccc3/C=C/C(=O)NO)CC2)C(C)S1. The van der Waals surface area contributed by atoms with Crippen LogP contribution in [0.15, 0.2) is 35.3 Å². The van der Waals surface area contributed by atoms with Gasteiger partial charge in [0.1, 0.15) is 0 Å². The van der Waals surface area contributed by atoms with Gasteiger partial charge in [-0.05, 0) is 37.5 Å². The number of nitrogens with one attached hydrogen (secondary N) is 2. The summed E-state index contributed by atoms with van der Waals surface area (Å²) in [4.78, 5) is 30.5. The molecule has 2 unspecified atom stereocenters. The zero-order valence-electron chi connectivity index (χ0n) is 16.8. The van der Waals surface area contributed by atoms with E-state index < -0.39 is 5.91 Å². The summed E-state index contributed by atoms with van der Waals surface area (Å²) < 4.78 is 0. The number of hydroxylamine groups is 1. The lowest BCUT2D eigenvalue weighted by Crippen LogP contribution is -2.45. The summed E-state index contributed by atoms with van der Waals surface area (Å²) >= 11 is 1.74. The third kappa shape index (κ3) is 5.83. The number of piperidine rings is 1. The lowest BCUT2D eigenvalue weighted by atomic mass is 10.0. The van der Waals surface area contributed by atoms with Crippen molar-refractivity contribution in [3.63, 3.8) is 0 Å². The first-order chi connectivity index (χ1) is 14.0. The van der Waals surface area contributed by atoms with E-state index >= 15 is 0 Å². The molecule has 1 fully saturated rings. The Labute approximate surface area is 175 Å². The number of para-hydroxylation sites is 1. The molecule has 0 aliphatic carbocycles. The van der Waals surface area contributed by atoms with E-state index in [1.165, 1.54) is 6.08 Å². The molecule has 1 saturated heterocycles. The highest BCUT2D eigenvalue weighted by molar-refractivity contribution is 8.14. The number of benzene rings is 1. The molecule has 1 aromatic rings. The van der Waals surface area contributed by atoms with Crippen molar-refractivity contribution in [2.75, 3.05) is 18.0 Å². The van der Waals surface area contributed by atoms with Crippen molar-refractivity contribution in [3.8, 4) is 0 Å². The highest BCUT2D eigenvalue weighted by atomic mass is 32.2. The Morgan fingerprint density at radius 3 is 2.69 bits per heavy atom. The van der Waals surface area contributed by atoms with Gasteiger partial charge >= 0.3 is 0 Å². The fraction of sp³-hybridized carbons (Fsp3) is 0.476. The first-order valence-corrected chi connectivity index (χ1v) is 10.8. The quantitative estimate of drug-likeness (QED) is 0.377. The molecule has 0 radical (unpaired) electrons. The van der Waals surface area contributed by atoms with Gasteiger partial charge in [-0.2, -0.15) is 0 Å². The zero-order valence-corrected chi connectivity index (χ0v) is 17.6. The Bertz CT molecular complexity index is 803. The second-order valence-electron chi connectivity index (χ2n) is 7.44. The third-order valence-corrected chi connectivity index (χ3v) is 6.43. The van der Waals surface area contributed by atoms with Gasteiger partial charge in [0.2, 0.25) is 5.91 Å². The van der Waals surface area contributed by atoms with Crippen molar-refractivity contribution in [1.29, 1.82) is 0 Å². The number of anilines is 1. The summed E-state index contributed by atoms with van der Waals surface area (Å²) in [5, 5.41) is 13.2. The van der Waals surface area contributed by atoms with E-state index in [0.29, 0.717) is 11.7 Å². The van der Waals surface area contributed by atoms with Crippen LogP contribution in [0.4, 0.5) is 5.69 Å². The fourth-order valence-corrected chi connectivity index (χ4v) is 4.84. The summed E-state index contributed by atoms with van der Waals surface area (Å²) in [5.41, 5.74) is 3.56. The average molecular weight is 417 g/mol. The number of aliphatic imine (C=N–C) groups is 1. The van der Waals surface area contributed by atoms with Crippen molar-refractivity contribution in [3.05, 3.63) is 35.9 Å². The standard InChI is InChI=1S/C21H28N4O3S/c1-14-18(22-15(2)29-14)13-21(27)23-17-9-11-25(12-10-17)19-6-4-3-5-16(19)7-8-20(26)24-28/h3-8,14,17-18,28H,9-13H2,1-2H3,(H,23,27)(H,24,26)/b8-7+. The Hall–Kier alpha value is -2.32. The van der Waals surface area contributed by atoms with Gasteiger partial charge in [0.25, 0.3) is 5.91 Å². The van der Waals surface area contributed by atoms with E-state index in [1.54, 1.807) is 23.3 Å². The molecule has 2 amide bonds. The van der Waals surface area contributed by atoms with Gasteiger partial charge in [-0.1, -0.05) is 25.1 Å². The van der Waals surface area contributed by atoms with Gasteiger partial charge in [-0.15, -0.1) is 11.8 Å². The molecular formula is C21H28N4O3S. The van der Waals surface area contributed by atoms with Crippen LogP contribution < -0.4 is 15.7 Å². The number of rotatable bonds is 6. The Balaban J connectivity index is 1.53. The minimum atomic E-state index is -0.560. The van der Waals surface area contributed by atoms with Gasteiger partial charge in [0, 0.05) is 36.1 Å². The van der Waals surface area contributed by atoms with E-state index in [1.807, 2.05) is 31.2 Å². The largest absolute Gasteiger partial charge is 0.371 e. The number of amides is 2. The molecular weight excluding hydrogens is 388 g/mol. The maximum absolute atomic E-state index is 12.4. The maximum atomic E-state index is 12.4. The number of hydrogen-bond acceptors (Lipinski definition) is 6. The molecule has 2 heterocycles. The minimum absolute atomic E-state index is 0.0786. The first-order valence-electron chi connectivity index (χ1n) is 9.93. The van der Waals surface area contributed by atoms with E-state index in [4.69, 9.17) is 5.21 Å². The summed E-state index contributed by atoms with van der Waals surface area (Å²) in [7, 11) is 0. The Morgan fingerprint density at radius 2 is 2.03 bits per heavy atom. The molecule has 29 heavy (non-hydrogen) atoms. The van der Waals surface area contributed by atoms with Crippen LogP contribution >= 0.6 is 11.8 Å². The molecule has 0 aromatic heterocycles. The molecule has 0 saturated carbocycles. The number of hydrogen-bond donors (Lipinski definition) is 3. The number of carbonyl (C=O) groups is 2. The molecule has 0 spiro atoms. The predicted molar refractivity (Wildman–Crippen MR) is 117 cm³/mol. The summed E-state index contributed by atoms with van der Waals surface area (Å²) in [6, 6.07) is 8.10. The zero-order chi connectivity index (χ0) is 20.8. The second-order valence-corrected chi connectivity index (χ2v) is 9.01. The molecule has 156 valence electrons. The van der Waals surface area contributed by atoms with E-state index in [-0.39, 0.29) is 18.0 Å². The van der Waals surface area contributed by atoms with Crippen molar-refractivity contribution in [2.45, 2.75) is 50.4 Å². The van der Waals surface area contributed by atoms with Crippen molar-refractivity contribution in [2.24, 2.45) is 4.99 Å².